The van der Waals surface area contributed by atoms with Crippen molar-refractivity contribution in [2.45, 2.75) is 105 Å². The first kappa shape index (κ1) is 22.6. The van der Waals surface area contributed by atoms with Gasteiger partial charge in [0, 0.05) is 0 Å². The van der Waals surface area contributed by atoms with E-state index in [1.165, 1.54) is 44.9 Å². The molecule has 3 saturated carbocycles. The topological polar surface area (TPSA) is 20.2 Å². The molecule has 0 radical (unpaired) electrons. The largest absolute Gasteiger partial charge is 0.393 e. The zero-order valence-electron chi connectivity index (χ0n) is 20.7. The van der Waals surface area contributed by atoms with Gasteiger partial charge in [-0.25, -0.2) is 0 Å². The van der Waals surface area contributed by atoms with Crippen molar-refractivity contribution < 1.29 is 5.11 Å². The molecule has 9 atom stereocenters. The third kappa shape index (κ3) is 3.66. The summed E-state index contributed by atoms with van der Waals surface area (Å²) in [4.78, 5) is 0. The van der Waals surface area contributed by atoms with E-state index in [4.69, 9.17) is 0 Å². The predicted molar refractivity (Wildman–Crippen MR) is 128 cm³/mol. The molecule has 0 aromatic rings. The normalized spacial score (nSPS) is 45.6. The lowest BCUT2D eigenvalue weighted by molar-refractivity contribution is -0.0414. The fraction of sp³-hybridized carbons (Fsp3) is 0.862. The summed E-state index contributed by atoms with van der Waals surface area (Å²) in [5.74, 6) is 5.32. The van der Waals surface area contributed by atoms with Crippen molar-refractivity contribution >= 4 is 0 Å². The third-order valence-corrected chi connectivity index (χ3v) is 10.7. The molecule has 1 nitrogen and oxygen atoms in total. The van der Waals surface area contributed by atoms with E-state index >= 15 is 0 Å². The van der Waals surface area contributed by atoms with Gasteiger partial charge in [-0.15, -0.1) is 0 Å². The van der Waals surface area contributed by atoms with Crippen LogP contribution in [0.5, 0.6) is 0 Å². The van der Waals surface area contributed by atoms with E-state index in [1.807, 2.05) is 5.57 Å². The molecule has 170 valence electrons. The molecule has 0 bridgehead atoms. The van der Waals surface area contributed by atoms with Crippen molar-refractivity contribution in [1.29, 1.82) is 0 Å². The van der Waals surface area contributed by atoms with Crippen LogP contribution in [0.3, 0.4) is 0 Å². The summed E-state index contributed by atoms with van der Waals surface area (Å²) < 4.78 is 0. The van der Waals surface area contributed by atoms with Gasteiger partial charge in [0.15, 0.2) is 0 Å². The highest BCUT2D eigenvalue weighted by molar-refractivity contribution is 5.28. The Morgan fingerprint density at radius 1 is 1.00 bits per heavy atom. The monoisotopic (exact) mass is 412 g/mol. The Morgan fingerprint density at radius 3 is 2.40 bits per heavy atom. The highest BCUT2D eigenvalue weighted by Gasteiger charge is 2.57. The highest BCUT2D eigenvalue weighted by Crippen LogP contribution is 2.66. The number of rotatable bonds is 5. The number of fused-ring (bicyclic) bond motifs is 5. The maximum Gasteiger partial charge on any atom is 0.0543 e. The van der Waals surface area contributed by atoms with Crippen LogP contribution in [0.2, 0.25) is 0 Å². The fourth-order valence-electron chi connectivity index (χ4n) is 8.68. The van der Waals surface area contributed by atoms with E-state index in [9.17, 15) is 5.11 Å². The molecule has 3 fully saturated rings. The molecule has 0 spiro atoms. The summed E-state index contributed by atoms with van der Waals surface area (Å²) in [6.07, 6.45) is 19.2. The summed E-state index contributed by atoms with van der Waals surface area (Å²) in [5.41, 5.74) is 2.79. The van der Waals surface area contributed by atoms with Crippen LogP contribution in [-0.2, 0) is 0 Å². The molecule has 1 N–H and O–H groups in total. The van der Waals surface area contributed by atoms with Crippen molar-refractivity contribution in [3.63, 3.8) is 0 Å². The summed E-state index contributed by atoms with van der Waals surface area (Å²) in [5, 5.41) is 10.3. The first-order valence-corrected chi connectivity index (χ1v) is 13.3. The van der Waals surface area contributed by atoms with Gasteiger partial charge in [0.05, 0.1) is 6.10 Å². The molecule has 0 amide bonds. The fourth-order valence-corrected chi connectivity index (χ4v) is 8.68. The molecule has 4 aliphatic rings. The first-order chi connectivity index (χ1) is 14.2. The van der Waals surface area contributed by atoms with Gasteiger partial charge in [-0.3, -0.25) is 0 Å². The molecule has 0 aromatic carbocycles. The van der Waals surface area contributed by atoms with Crippen LogP contribution < -0.4 is 0 Å². The maximum absolute atomic E-state index is 10.3. The average molecular weight is 413 g/mol. The number of allylic oxidation sites excluding steroid dienone is 4. The number of hydrogen-bond donors (Lipinski definition) is 1. The molecule has 0 heterocycles. The van der Waals surface area contributed by atoms with Crippen molar-refractivity contribution in [3.8, 4) is 0 Å². The Labute approximate surface area is 186 Å². The Kier molecular flexibility index (Phi) is 6.35. The van der Waals surface area contributed by atoms with Crippen molar-refractivity contribution in [2.75, 3.05) is 0 Å². The predicted octanol–water partition coefficient (Wildman–Crippen LogP) is 7.80. The van der Waals surface area contributed by atoms with Gasteiger partial charge >= 0.3 is 0 Å². The summed E-state index contributed by atoms with van der Waals surface area (Å²) in [6, 6.07) is 0. The standard InChI is InChI=1S/C29H48O/c1-7-21(19(2)3)9-8-20(4)25-12-13-26-24-11-10-22-18-23(30)14-16-28(22,5)27(24)15-17-29(25,26)6/h8-9,11,19-23,25-27,30H,7,10,12-18H2,1-6H3/b9-8+/t20-,21+,22-,23-,25+,26-,27+,28-,29+/m0/s1. The molecule has 0 unspecified atom stereocenters. The van der Waals surface area contributed by atoms with Crippen LogP contribution in [0.4, 0.5) is 0 Å². The second-order valence-corrected chi connectivity index (χ2v) is 12.5. The summed E-state index contributed by atoms with van der Waals surface area (Å²) in [7, 11) is 0. The number of aliphatic hydroxyl groups excluding tert-OH is 1. The third-order valence-electron chi connectivity index (χ3n) is 10.7. The maximum atomic E-state index is 10.3. The van der Waals surface area contributed by atoms with Gasteiger partial charge in [-0.2, -0.15) is 0 Å². The van der Waals surface area contributed by atoms with E-state index < -0.39 is 0 Å². The molecule has 30 heavy (non-hydrogen) atoms. The van der Waals surface area contributed by atoms with Gasteiger partial charge in [0.2, 0.25) is 0 Å². The zero-order chi connectivity index (χ0) is 21.7. The van der Waals surface area contributed by atoms with Gasteiger partial charge in [0.1, 0.15) is 0 Å². The van der Waals surface area contributed by atoms with Gasteiger partial charge in [-0.05, 0) is 110 Å². The van der Waals surface area contributed by atoms with E-state index in [-0.39, 0.29) is 6.10 Å². The van der Waals surface area contributed by atoms with Crippen molar-refractivity contribution in [3.05, 3.63) is 23.8 Å². The summed E-state index contributed by atoms with van der Waals surface area (Å²) in [6.45, 7) is 14.8. The quantitative estimate of drug-likeness (QED) is 0.457. The average Bonchev–Trinajstić information content (AvgIpc) is 3.06. The van der Waals surface area contributed by atoms with Crippen molar-refractivity contribution in [1.82, 2.24) is 0 Å². The lowest BCUT2D eigenvalue weighted by Gasteiger charge is -2.57. The number of aliphatic hydroxyl groups is 1. The van der Waals surface area contributed by atoms with Crippen LogP contribution in [0.15, 0.2) is 23.8 Å². The minimum Gasteiger partial charge on any atom is -0.393 e. The second-order valence-electron chi connectivity index (χ2n) is 12.5. The van der Waals surface area contributed by atoms with Crippen LogP contribution in [-0.4, -0.2) is 11.2 Å². The van der Waals surface area contributed by atoms with Crippen LogP contribution in [0.1, 0.15) is 99.3 Å². The molecular weight excluding hydrogens is 364 g/mol. The van der Waals surface area contributed by atoms with E-state index in [0.717, 1.165) is 42.4 Å². The van der Waals surface area contributed by atoms with Gasteiger partial charge < -0.3 is 5.11 Å². The molecule has 4 aliphatic carbocycles. The first-order valence-electron chi connectivity index (χ1n) is 13.3. The smallest absolute Gasteiger partial charge is 0.0543 e. The lowest BCUT2D eigenvalue weighted by atomic mass is 9.47. The molecule has 1 heteroatoms. The van der Waals surface area contributed by atoms with E-state index in [0.29, 0.717) is 22.7 Å². The molecule has 0 aliphatic heterocycles. The molecule has 0 saturated heterocycles. The Bertz CT molecular complexity index is 674. The molecular formula is C29H48O. The SMILES string of the molecule is CC[C@H](/C=C/[C@H](C)[C@H]1CC[C@H]2C3=CC[C@H]4C[C@@H](O)CC[C@]4(C)[C@@H]3CC[C@]12C)C(C)C. The zero-order valence-corrected chi connectivity index (χ0v) is 20.7. The Morgan fingerprint density at radius 2 is 1.70 bits per heavy atom. The van der Waals surface area contributed by atoms with E-state index in [2.05, 4.69) is 59.8 Å². The molecule has 4 rings (SSSR count). The Balaban J connectivity index is 1.53. The van der Waals surface area contributed by atoms with Crippen LogP contribution in [0, 0.1) is 52.3 Å². The highest BCUT2D eigenvalue weighted by atomic mass is 16.3. The molecule has 0 aromatic heterocycles. The van der Waals surface area contributed by atoms with Gasteiger partial charge in [0.25, 0.3) is 0 Å². The second kappa shape index (κ2) is 8.42. The number of hydrogen-bond acceptors (Lipinski definition) is 1. The van der Waals surface area contributed by atoms with E-state index in [1.54, 1.807) is 0 Å². The van der Waals surface area contributed by atoms with Gasteiger partial charge in [-0.1, -0.05) is 65.3 Å². The van der Waals surface area contributed by atoms with Crippen molar-refractivity contribution in [2.24, 2.45) is 52.3 Å². The Hall–Kier alpha value is -0.560. The minimum absolute atomic E-state index is 0.0480. The van der Waals surface area contributed by atoms with Crippen LogP contribution in [0.25, 0.3) is 0 Å². The summed E-state index contributed by atoms with van der Waals surface area (Å²) >= 11 is 0. The minimum atomic E-state index is -0.0480. The van der Waals surface area contributed by atoms with Crippen LogP contribution >= 0.6 is 0 Å². The lowest BCUT2D eigenvalue weighted by Crippen LogP contribution is -2.49.